The maximum atomic E-state index is 13.3. The molecule has 2 nitrogen and oxygen atoms in total. The summed E-state index contributed by atoms with van der Waals surface area (Å²) < 4.78 is 13.3. The smallest absolute Gasteiger partial charge is 0.124 e. The average molecular weight is 311 g/mol. The Balaban J connectivity index is 2.00. The van der Waals surface area contributed by atoms with Crippen LogP contribution in [-0.4, -0.2) is 31.1 Å². The average Bonchev–Trinajstić information content (AvgIpc) is 2.97. The SMILES string of the molecule is Fc1ccc([C@H](c2cccs2)N2CCNCC2)c(Cl)c1. The lowest BCUT2D eigenvalue weighted by Gasteiger charge is -2.35. The Morgan fingerprint density at radius 2 is 2.05 bits per heavy atom. The van der Waals surface area contributed by atoms with Gasteiger partial charge in [-0.05, 0) is 29.1 Å². The van der Waals surface area contributed by atoms with Crippen LogP contribution in [0.2, 0.25) is 5.02 Å². The van der Waals surface area contributed by atoms with Gasteiger partial charge in [0.05, 0.1) is 6.04 Å². The second-order valence-electron chi connectivity index (χ2n) is 4.87. The molecule has 1 N–H and O–H groups in total. The molecule has 0 bridgehead atoms. The number of benzene rings is 1. The molecule has 1 fully saturated rings. The van der Waals surface area contributed by atoms with Crippen molar-refractivity contribution in [3.8, 4) is 0 Å². The molecule has 2 aromatic rings. The summed E-state index contributed by atoms with van der Waals surface area (Å²) in [6, 6.07) is 8.99. The van der Waals surface area contributed by atoms with Crippen molar-refractivity contribution in [2.24, 2.45) is 0 Å². The van der Waals surface area contributed by atoms with Crippen molar-refractivity contribution < 1.29 is 4.39 Å². The lowest BCUT2D eigenvalue weighted by molar-refractivity contribution is 0.200. The Morgan fingerprint density at radius 3 is 2.70 bits per heavy atom. The Bertz CT molecular complexity index is 567. The summed E-state index contributed by atoms with van der Waals surface area (Å²) in [7, 11) is 0. The highest BCUT2D eigenvalue weighted by molar-refractivity contribution is 7.10. The van der Waals surface area contributed by atoms with E-state index in [2.05, 4.69) is 21.7 Å². The molecule has 1 atom stereocenters. The number of hydrogen-bond acceptors (Lipinski definition) is 3. The quantitative estimate of drug-likeness (QED) is 0.933. The van der Waals surface area contributed by atoms with E-state index in [0.717, 1.165) is 31.7 Å². The van der Waals surface area contributed by atoms with E-state index >= 15 is 0 Å². The van der Waals surface area contributed by atoms with Gasteiger partial charge >= 0.3 is 0 Å². The van der Waals surface area contributed by atoms with Crippen molar-refractivity contribution in [3.05, 3.63) is 57.0 Å². The molecule has 3 rings (SSSR count). The van der Waals surface area contributed by atoms with Gasteiger partial charge in [-0.2, -0.15) is 0 Å². The first-order valence-electron chi connectivity index (χ1n) is 6.69. The van der Waals surface area contributed by atoms with Crippen molar-refractivity contribution in [2.75, 3.05) is 26.2 Å². The Labute approximate surface area is 127 Å². The molecule has 1 aromatic heterocycles. The van der Waals surface area contributed by atoms with E-state index in [1.807, 2.05) is 12.1 Å². The summed E-state index contributed by atoms with van der Waals surface area (Å²) in [4.78, 5) is 3.65. The van der Waals surface area contributed by atoms with Crippen LogP contribution >= 0.6 is 22.9 Å². The number of halogens is 2. The van der Waals surface area contributed by atoms with E-state index < -0.39 is 0 Å². The molecule has 5 heteroatoms. The van der Waals surface area contributed by atoms with E-state index in [9.17, 15) is 4.39 Å². The van der Waals surface area contributed by atoms with E-state index in [1.54, 1.807) is 11.3 Å². The van der Waals surface area contributed by atoms with E-state index in [0.29, 0.717) is 5.02 Å². The summed E-state index contributed by atoms with van der Waals surface area (Å²) in [5, 5.41) is 5.93. The van der Waals surface area contributed by atoms with Gasteiger partial charge in [0.2, 0.25) is 0 Å². The first kappa shape index (κ1) is 14.0. The summed E-state index contributed by atoms with van der Waals surface area (Å²) >= 11 is 8.00. The van der Waals surface area contributed by atoms with Crippen LogP contribution in [0.1, 0.15) is 16.5 Å². The molecule has 1 aromatic carbocycles. The van der Waals surface area contributed by atoms with Gasteiger partial charge in [0.1, 0.15) is 5.82 Å². The number of nitrogens with zero attached hydrogens (tertiary/aromatic N) is 1. The van der Waals surface area contributed by atoms with Gasteiger partial charge < -0.3 is 5.32 Å². The molecule has 106 valence electrons. The third-order valence-corrected chi connectivity index (χ3v) is 4.84. The zero-order chi connectivity index (χ0) is 13.9. The van der Waals surface area contributed by atoms with Crippen molar-refractivity contribution in [3.63, 3.8) is 0 Å². The van der Waals surface area contributed by atoms with Crippen LogP contribution in [0.15, 0.2) is 35.7 Å². The van der Waals surface area contributed by atoms with E-state index in [4.69, 9.17) is 11.6 Å². The van der Waals surface area contributed by atoms with Gasteiger partial charge in [-0.1, -0.05) is 23.7 Å². The summed E-state index contributed by atoms with van der Waals surface area (Å²) in [5.41, 5.74) is 0.984. The van der Waals surface area contributed by atoms with Crippen LogP contribution in [0.5, 0.6) is 0 Å². The van der Waals surface area contributed by atoms with Gasteiger partial charge in [-0.3, -0.25) is 4.90 Å². The largest absolute Gasteiger partial charge is 0.314 e. The number of hydrogen-bond donors (Lipinski definition) is 1. The molecule has 1 saturated heterocycles. The highest BCUT2D eigenvalue weighted by Crippen LogP contribution is 2.36. The second-order valence-corrected chi connectivity index (χ2v) is 6.26. The van der Waals surface area contributed by atoms with Gasteiger partial charge in [-0.25, -0.2) is 4.39 Å². The van der Waals surface area contributed by atoms with Gasteiger partial charge in [0.15, 0.2) is 0 Å². The zero-order valence-corrected chi connectivity index (χ0v) is 12.6. The fraction of sp³-hybridized carbons (Fsp3) is 0.333. The third-order valence-electron chi connectivity index (χ3n) is 3.59. The fourth-order valence-corrected chi connectivity index (χ4v) is 3.79. The van der Waals surface area contributed by atoms with Crippen LogP contribution in [0.4, 0.5) is 4.39 Å². The Hall–Kier alpha value is -0.940. The van der Waals surface area contributed by atoms with Gasteiger partial charge in [-0.15, -0.1) is 11.3 Å². The lowest BCUT2D eigenvalue weighted by atomic mass is 10.0. The predicted octanol–water partition coefficient (Wildman–Crippen LogP) is 3.54. The minimum absolute atomic E-state index is 0.116. The van der Waals surface area contributed by atoms with Gasteiger partial charge in [0, 0.05) is 36.1 Å². The molecule has 1 aliphatic rings. The topological polar surface area (TPSA) is 15.3 Å². The first-order chi connectivity index (χ1) is 9.75. The minimum Gasteiger partial charge on any atom is -0.314 e. The molecule has 0 radical (unpaired) electrons. The maximum absolute atomic E-state index is 13.3. The van der Waals surface area contributed by atoms with Crippen LogP contribution in [0.3, 0.4) is 0 Å². The molecule has 20 heavy (non-hydrogen) atoms. The molecule has 0 amide bonds. The monoisotopic (exact) mass is 310 g/mol. The zero-order valence-electron chi connectivity index (χ0n) is 11.0. The summed E-state index contributed by atoms with van der Waals surface area (Å²) in [5.74, 6) is -0.288. The maximum Gasteiger partial charge on any atom is 0.124 e. The van der Waals surface area contributed by atoms with E-state index in [-0.39, 0.29) is 11.9 Å². The lowest BCUT2D eigenvalue weighted by Crippen LogP contribution is -2.45. The third kappa shape index (κ3) is 2.88. The van der Waals surface area contributed by atoms with Crippen molar-refractivity contribution >= 4 is 22.9 Å². The first-order valence-corrected chi connectivity index (χ1v) is 7.94. The van der Waals surface area contributed by atoms with Crippen LogP contribution in [0.25, 0.3) is 0 Å². The van der Waals surface area contributed by atoms with Crippen LogP contribution in [0, 0.1) is 5.82 Å². The number of thiophene rings is 1. The Kier molecular flexibility index (Phi) is 4.36. The molecule has 0 saturated carbocycles. The predicted molar refractivity (Wildman–Crippen MR) is 82.0 cm³/mol. The van der Waals surface area contributed by atoms with Crippen molar-refractivity contribution in [1.29, 1.82) is 0 Å². The fourth-order valence-electron chi connectivity index (χ4n) is 2.64. The summed E-state index contributed by atoms with van der Waals surface area (Å²) in [6.45, 7) is 3.88. The van der Waals surface area contributed by atoms with Crippen LogP contribution in [-0.2, 0) is 0 Å². The molecule has 0 unspecified atom stereocenters. The number of piperazine rings is 1. The molecule has 0 spiro atoms. The van der Waals surface area contributed by atoms with E-state index in [1.165, 1.54) is 17.0 Å². The Morgan fingerprint density at radius 1 is 1.25 bits per heavy atom. The molecule has 2 heterocycles. The number of rotatable bonds is 3. The molecular weight excluding hydrogens is 295 g/mol. The second kappa shape index (κ2) is 6.22. The highest BCUT2D eigenvalue weighted by Gasteiger charge is 2.26. The molecule has 0 aliphatic carbocycles. The molecule has 1 aliphatic heterocycles. The standard InChI is InChI=1S/C15H16ClFN2S/c16-13-10-11(17)3-4-12(13)15(14-2-1-9-20-14)19-7-5-18-6-8-19/h1-4,9-10,15,18H,5-8H2/t15-/m1/s1. The van der Waals surface area contributed by atoms with Crippen LogP contribution < -0.4 is 5.32 Å². The molecular formula is C15H16ClFN2S. The van der Waals surface area contributed by atoms with Gasteiger partial charge in [0.25, 0.3) is 0 Å². The van der Waals surface area contributed by atoms with Crippen molar-refractivity contribution in [2.45, 2.75) is 6.04 Å². The number of nitrogens with one attached hydrogen (secondary N) is 1. The van der Waals surface area contributed by atoms with Crippen molar-refractivity contribution in [1.82, 2.24) is 10.2 Å². The normalized spacial score (nSPS) is 18.1. The highest BCUT2D eigenvalue weighted by atomic mass is 35.5. The summed E-state index contributed by atoms with van der Waals surface area (Å²) in [6.07, 6.45) is 0. The minimum atomic E-state index is -0.288.